The van der Waals surface area contributed by atoms with Gasteiger partial charge in [0, 0.05) is 22.9 Å². The van der Waals surface area contributed by atoms with Gasteiger partial charge in [0.15, 0.2) is 17.4 Å². The third kappa shape index (κ3) is 2.53. The molecule has 3 aromatic rings. The fourth-order valence-electron chi connectivity index (χ4n) is 3.03. The second-order valence-corrected chi connectivity index (χ2v) is 5.85. The van der Waals surface area contributed by atoms with Crippen molar-refractivity contribution in [3.8, 4) is 17.4 Å². The van der Waals surface area contributed by atoms with Gasteiger partial charge in [-0.1, -0.05) is 18.2 Å². The van der Waals surface area contributed by atoms with Crippen molar-refractivity contribution in [2.75, 3.05) is 0 Å². The molecule has 0 radical (unpaired) electrons. The molecule has 0 atom stereocenters. The van der Waals surface area contributed by atoms with Crippen molar-refractivity contribution in [1.82, 2.24) is 9.97 Å². The summed E-state index contributed by atoms with van der Waals surface area (Å²) >= 11 is 0. The number of nitrogens with zero attached hydrogens (tertiary/aromatic N) is 1. The van der Waals surface area contributed by atoms with Crippen LogP contribution in [0.1, 0.15) is 12.0 Å². The molecule has 0 saturated heterocycles. The number of phenols is 2. The van der Waals surface area contributed by atoms with Crippen LogP contribution in [0.25, 0.3) is 29.1 Å². The number of phenolic OH excluding ortho intramolecular Hbond substituents is 2. The zero-order valence-electron chi connectivity index (χ0n) is 13.0. The number of aromatic amines is 1. The van der Waals surface area contributed by atoms with E-state index in [1.807, 2.05) is 24.3 Å². The SMILES string of the molecule is O=c1[nH]c(O)cc2c1=CCC(=Cc1ccnc3c(O)c(O)ccc13)C=2. The molecular formula is C19H14N2O4. The Morgan fingerprint density at radius 3 is 2.84 bits per heavy atom. The summed E-state index contributed by atoms with van der Waals surface area (Å²) in [5, 5.41) is 31.1. The first-order chi connectivity index (χ1) is 12.0. The van der Waals surface area contributed by atoms with E-state index in [-0.39, 0.29) is 22.9 Å². The van der Waals surface area contributed by atoms with Crippen LogP contribution in [0.5, 0.6) is 17.4 Å². The lowest BCUT2D eigenvalue weighted by atomic mass is 9.99. The van der Waals surface area contributed by atoms with Gasteiger partial charge in [0.25, 0.3) is 5.56 Å². The summed E-state index contributed by atoms with van der Waals surface area (Å²) in [5.41, 5.74) is 1.78. The van der Waals surface area contributed by atoms with Gasteiger partial charge in [0.05, 0.1) is 0 Å². The Hall–Kier alpha value is -3.54. The predicted octanol–water partition coefficient (Wildman–Crippen LogP) is 1.09. The van der Waals surface area contributed by atoms with Gasteiger partial charge in [0.1, 0.15) is 5.52 Å². The molecule has 1 aromatic carbocycles. The number of hydrogen-bond donors (Lipinski definition) is 4. The van der Waals surface area contributed by atoms with Crippen LogP contribution in [0.3, 0.4) is 0 Å². The molecule has 0 unspecified atom stereocenters. The van der Waals surface area contributed by atoms with Crippen LogP contribution in [0, 0.1) is 0 Å². The number of hydrogen-bond acceptors (Lipinski definition) is 5. The molecule has 0 bridgehead atoms. The summed E-state index contributed by atoms with van der Waals surface area (Å²) in [6.45, 7) is 0. The van der Waals surface area contributed by atoms with E-state index in [1.54, 1.807) is 12.3 Å². The van der Waals surface area contributed by atoms with Crippen molar-refractivity contribution in [1.29, 1.82) is 0 Å². The number of H-pyrrole nitrogens is 1. The molecule has 2 aromatic heterocycles. The molecular weight excluding hydrogens is 320 g/mol. The minimum absolute atomic E-state index is 0.176. The molecule has 4 rings (SSSR count). The highest BCUT2D eigenvalue weighted by Gasteiger charge is 2.10. The van der Waals surface area contributed by atoms with E-state index >= 15 is 0 Å². The van der Waals surface area contributed by atoms with Crippen LogP contribution in [0.15, 0.2) is 40.8 Å². The summed E-state index contributed by atoms with van der Waals surface area (Å²) in [4.78, 5) is 18.3. The molecule has 1 aliphatic rings. The highest BCUT2D eigenvalue weighted by atomic mass is 16.3. The van der Waals surface area contributed by atoms with E-state index in [4.69, 9.17) is 0 Å². The Balaban J connectivity index is 1.90. The highest BCUT2D eigenvalue weighted by molar-refractivity contribution is 5.94. The van der Waals surface area contributed by atoms with Gasteiger partial charge in [-0.25, -0.2) is 0 Å². The van der Waals surface area contributed by atoms with Crippen molar-refractivity contribution in [2.24, 2.45) is 0 Å². The smallest absolute Gasteiger partial charge is 0.258 e. The Bertz CT molecular complexity index is 1220. The number of nitrogens with one attached hydrogen (secondary N) is 1. The van der Waals surface area contributed by atoms with E-state index in [1.165, 1.54) is 12.1 Å². The normalized spacial score (nSPS) is 14.8. The van der Waals surface area contributed by atoms with E-state index in [9.17, 15) is 20.1 Å². The highest BCUT2D eigenvalue weighted by Crippen LogP contribution is 2.34. The standard InChI is InChI=1S/C19H14N2O4/c22-15-4-3-13-11(5-6-20-17(13)18(15)24)7-10-1-2-14-12(8-10)9-16(23)21-19(14)25/h2-9,22-24H,1H2,(H,21,25). The van der Waals surface area contributed by atoms with Gasteiger partial charge in [-0.3, -0.25) is 14.8 Å². The molecule has 6 heteroatoms. The Labute approximate surface area is 141 Å². The molecule has 2 heterocycles. The van der Waals surface area contributed by atoms with Crippen molar-refractivity contribution < 1.29 is 15.3 Å². The minimum atomic E-state index is -0.319. The first-order valence-corrected chi connectivity index (χ1v) is 7.67. The number of rotatable bonds is 1. The van der Waals surface area contributed by atoms with Gasteiger partial charge >= 0.3 is 0 Å². The summed E-state index contributed by atoms with van der Waals surface area (Å²) in [6, 6.07) is 6.44. The number of benzene rings is 1. The van der Waals surface area contributed by atoms with E-state index in [0.717, 1.165) is 11.1 Å². The summed E-state index contributed by atoms with van der Waals surface area (Å²) in [7, 11) is 0. The number of aromatic nitrogens is 2. The first-order valence-electron chi connectivity index (χ1n) is 7.67. The summed E-state index contributed by atoms with van der Waals surface area (Å²) in [6.07, 6.45) is 7.71. The van der Waals surface area contributed by atoms with Gasteiger partial charge in [-0.15, -0.1) is 0 Å². The average Bonchev–Trinajstić information content (AvgIpc) is 2.58. The van der Waals surface area contributed by atoms with E-state index in [0.29, 0.717) is 27.8 Å². The lowest BCUT2D eigenvalue weighted by Gasteiger charge is -2.08. The fraction of sp³-hybridized carbons (Fsp3) is 0.0526. The maximum atomic E-state index is 11.8. The van der Waals surface area contributed by atoms with E-state index < -0.39 is 0 Å². The van der Waals surface area contributed by atoms with Crippen LogP contribution in [0.2, 0.25) is 0 Å². The molecule has 0 aliphatic heterocycles. The van der Waals surface area contributed by atoms with E-state index in [2.05, 4.69) is 9.97 Å². The number of allylic oxidation sites excluding steroid dienone is 1. The molecule has 0 spiro atoms. The quantitative estimate of drug-likeness (QED) is 0.499. The van der Waals surface area contributed by atoms with Crippen LogP contribution in [0.4, 0.5) is 0 Å². The van der Waals surface area contributed by atoms with Crippen molar-refractivity contribution in [3.63, 3.8) is 0 Å². The molecule has 0 saturated carbocycles. The molecule has 1 aliphatic carbocycles. The second-order valence-electron chi connectivity index (χ2n) is 5.85. The van der Waals surface area contributed by atoms with Gasteiger partial charge < -0.3 is 15.3 Å². The maximum absolute atomic E-state index is 11.8. The van der Waals surface area contributed by atoms with Gasteiger partial charge in [0.2, 0.25) is 0 Å². The number of pyridine rings is 2. The van der Waals surface area contributed by atoms with Crippen LogP contribution in [-0.2, 0) is 0 Å². The molecule has 4 N–H and O–H groups in total. The van der Waals surface area contributed by atoms with Crippen molar-refractivity contribution >= 4 is 29.1 Å². The largest absolute Gasteiger partial charge is 0.504 e. The second kappa shape index (κ2) is 5.52. The van der Waals surface area contributed by atoms with Crippen LogP contribution < -0.4 is 16.0 Å². The Morgan fingerprint density at radius 2 is 2.00 bits per heavy atom. The molecule has 124 valence electrons. The predicted molar refractivity (Wildman–Crippen MR) is 94.6 cm³/mol. The fourth-order valence-corrected chi connectivity index (χ4v) is 3.03. The molecule has 0 fully saturated rings. The lowest BCUT2D eigenvalue weighted by Crippen LogP contribution is -2.41. The lowest BCUT2D eigenvalue weighted by molar-refractivity contribution is 0.407. The summed E-state index contributed by atoms with van der Waals surface area (Å²) < 4.78 is 0. The zero-order valence-corrected chi connectivity index (χ0v) is 13.0. The monoisotopic (exact) mass is 334 g/mol. The van der Waals surface area contributed by atoms with Crippen molar-refractivity contribution in [3.05, 3.63) is 62.4 Å². The zero-order chi connectivity index (χ0) is 17.6. The van der Waals surface area contributed by atoms with Gasteiger partial charge in [-0.05, 0) is 41.0 Å². The van der Waals surface area contributed by atoms with Crippen molar-refractivity contribution in [2.45, 2.75) is 6.42 Å². The Kier molecular flexibility index (Phi) is 3.32. The third-order valence-electron chi connectivity index (χ3n) is 4.21. The molecule has 6 nitrogen and oxygen atoms in total. The maximum Gasteiger partial charge on any atom is 0.258 e. The van der Waals surface area contributed by atoms with Crippen LogP contribution >= 0.6 is 0 Å². The topological polar surface area (TPSA) is 106 Å². The third-order valence-corrected chi connectivity index (χ3v) is 4.21. The first kappa shape index (κ1) is 15.0. The number of fused-ring (bicyclic) bond motifs is 2. The Morgan fingerprint density at radius 1 is 1.16 bits per heavy atom. The summed E-state index contributed by atoms with van der Waals surface area (Å²) in [5.74, 6) is -0.644. The number of aromatic hydroxyl groups is 3. The minimum Gasteiger partial charge on any atom is -0.504 e. The molecule has 0 amide bonds. The molecule has 25 heavy (non-hydrogen) atoms. The van der Waals surface area contributed by atoms with Gasteiger partial charge in [-0.2, -0.15) is 0 Å². The van der Waals surface area contributed by atoms with Crippen LogP contribution in [-0.4, -0.2) is 25.3 Å². The average molecular weight is 334 g/mol.